The van der Waals surface area contributed by atoms with E-state index in [-0.39, 0.29) is 11.1 Å². The molecule has 78 valence electrons. The minimum atomic E-state index is -0.566. The Labute approximate surface area is 89.9 Å². The Morgan fingerprint density at radius 3 is 2.93 bits per heavy atom. The number of aryl methyl sites for hydroxylation is 1. The van der Waals surface area contributed by atoms with Crippen molar-refractivity contribution in [3.63, 3.8) is 0 Å². The molecule has 2 heterocycles. The maximum Gasteiger partial charge on any atom is 0.224 e. The maximum atomic E-state index is 13.2. The van der Waals surface area contributed by atoms with Gasteiger partial charge in [0.25, 0.3) is 0 Å². The Morgan fingerprint density at radius 1 is 1.47 bits per heavy atom. The van der Waals surface area contributed by atoms with E-state index in [0.29, 0.717) is 5.69 Å². The van der Waals surface area contributed by atoms with Crippen LogP contribution in [-0.4, -0.2) is 19.7 Å². The fourth-order valence-corrected chi connectivity index (χ4v) is 1.19. The lowest BCUT2D eigenvalue weighted by molar-refractivity contribution is 0.619. The third-order valence-corrected chi connectivity index (χ3v) is 1.86. The van der Waals surface area contributed by atoms with Crippen molar-refractivity contribution in [3.05, 3.63) is 29.7 Å². The van der Waals surface area contributed by atoms with E-state index in [0.717, 1.165) is 6.20 Å². The molecule has 0 aliphatic rings. The van der Waals surface area contributed by atoms with Crippen molar-refractivity contribution in [1.82, 2.24) is 19.7 Å². The van der Waals surface area contributed by atoms with Gasteiger partial charge in [-0.15, -0.1) is 0 Å². The molecule has 7 heteroatoms. The average Bonchev–Trinajstić information content (AvgIpc) is 2.58. The molecule has 0 aromatic carbocycles. The highest BCUT2D eigenvalue weighted by Crippen LogP contribution is 2.17. The first-order valence-electron chi connectivity index (χ1n) is 4.09. The van der Waals surface area contributed by atoms with Crippen LogP contribution in [0.1, 0.15) is 0 Å². The zero-order valence-corrected chi connectivity index (χ0v) is 8.53. The highest BCUT2D eigenvalue weighted by atomic mass is 35.5. The third-order valence-electron chi connectivity index (χ3n) is 1.68. The standard InChI is InChI=1S/C8H7ClFN5/c1-15-4-5(2-12-15)13-7-6(10)3-11-8(9)14-7/h2-4H,1H3,(H,11,13,14). The molecule has 2 rings (SSSR count). The van der Waals surface area contributed by atoms with Gasteiger partial charge in [-0.3, -0.25) is 4.68 Å². The molecule has 0 amide bonds. The number of nitrogens with zero attached hydrogens (tertiary/aromatic N) is 4. The third kappa shape index (κ3) is 2.21. The van der Waals surface area contributed by atoms with Gasteiger partial charge in [-0.2, -0.15) is 10.1 Å². The molecule has 2 aromatic heterocycles. The topological polar surface area (TPSA) is 55.6 Å². The molecule has 15 heavy (non-hydrogen) atoms. The van der Waals surface area contributed by atoms with Crippen molar-refractivity contribution >= 4 is 23.1 Å². The molecule has 0 bridgehead atoms. The Bertz CT molecular complexity index is 484. The van der Waals surface area contributed by atoms with Crippen molar-refractivity contribution in [3.8, 4) is 0 Å². The van der Waals surface area contributed by atoms with E-state index < -0.39 is 5.82 Å². The molecule has 0 unspecified atom stereocenters. The first kappa shape index (κ1) is 9.85. The van der Waals surface area contributed by atoms with Crippen LogP contribution in [0.5, 0.6) is 0 Å². The molecule has 0 aliphatic heterocycles. The number of halogens is 2. The van der Waals surface area contributed by atoms with Crippen molar-refractivity contribution in [2.45, 2.75) is 0 Å². The number of anilines is 2. The van der Waals surface area contributed by atoms with Gasteiger partial charge in [0.2, 0.25) is 5.28 Å². The summed E-state index contributed by atoms with van der Waals surface area (Å²) in [5.74, 6) is -0.536. The normalized spacial score (nSPS) is 10.3. The monoisotopic (exact) mass is 227 g/mol. The summed E-state index contributed by atoms with van der Waals surface area (Å²) in [4.78, 5) is 7.21. The Balaban J connectivity index is 2.27. The van der Waals surface area contributed by atoms with Crippen LogP contribution >= 0.6 is 11.6 Å². The summed E-state index contributed by atoms with van der Waals surface area (Å²) >= 11 is 5.54. The number of aromatic nitrogens is 4. The highest BCUT2D eigenvalue weighted by Gasteiger charge is 2.06. The number of hydrogen-bond acceptors (Lipinski definition) is 4. The van der Waals surface area contributed by atoms with E-state index in [1.165, 1.54) is 0 Å². The zero-order chi connectivity index (χ0) is 10.8. The summed E-state index contributed by atoms with van der Waals surface area (Å²) in [5, 5.41) is 6.65. The van der Waals surface area contributed by atoms with E-state index >= 15 is 0 Å². The van der Waals surface area contributed by atoms with Crippen molar-refractivity contribution in [2.24, 2.45) is 7.05 Å². The molecule has 0 fully saturated rings. The number of nitrogens with one attached hydrogen (secondary N) is 1. The summed E-state index contributed by atoms with van der Waals surface area (Å²) in [5.41, 5.74) is 0.631. The van der Waals surface area contributed by atoms with Crippen molar-refractivity contribution < 1.29 is 4.39 Å². The van der Waals surface area contributed by atoms with Crippen molar-refractivity contribution in [1.29, 1.82) is 0 Å². The first-order valence-corrected chi connectivity index (χ1v) is 4.46. The number of hydrogen-bond donors (Lipinski definition) is 1. The lowest BCUT2D eigenvalue weighted by Crippen LogP contribution is -1.98. The molecular weight excluding hydrogens is 221 g/mol. The predicted molar refractivity (Wildman–Crippen MR) is 53.5 cm³/mol. The minimum absolute atomic E-state index is 0.0113. The van der Waals surface area contributed by atoms with Crippen LogP contribution in [0.4, 0.5) is 15.9 Å². The van der Waals surface area contributed by atoms with Gasteiger partial charge in [0.15, 0.2) is 11.6 Å². The second kappa shape index (κ2) is 3.82. The van der Waals surface area contributed by atoms with Gasteiger partial charge in [-0.05, 0) is 11.6 Å². The molecule has 0 radical (unpaired) electrons. The van der Waals surface area contributed by atoms with Gasteiger partial charge >= 0.3 is 0 Å². The molecule has 0 spiro atoms. The van der Waals surface area contributed by atoms with Gasteiger partial charge < -0.3 is 5.32 Å². The first-order chi connectivity index (χ1) is 7.15. The summed E-state index contributed by atoms with van der Waals surface area (Å²) in [6.45, 7) is 0. The Kier molecular flexibility index (Phi) is 2.51. The van der Waals surface area contributed by atoms with Crippen LogP contribution < -0.4 is 5.32 Å². The fourth-order valence-electron chi connectivity index (χ4n) is 1.06. The summed E-state index contributed by atoms with van der Waals surface area (Å²) in [6, 6.07) is 0. The smallest absolute Gasteiger partial charge is 0.224 e. The van der Waals surface area contributed by atoms with Crippen LogP contribution in [-0.2, 0) is 7.05 Å². The second-order valence-electron chi connectivity index (χ2n) is 2.86. The van der Waals surface area contributed by atoms with Crippen LogP contribution in [0.15, 0.2) is 18.6 Å². The molecule has 0 saturated carbocycles. The molecule has 0 saturated heterocycles. The van der Waals surface area contributed by atoms with Gasteiger partial charge in [-0.25, -0.2) is 9.37 Å². The van der Waals surface area contributed by atoms with Crippen LogP contribution in [0.3, 0.4) is 0 Å². The van der Waals surface area contributed by atoms with Gasteiger partial charge in [0, 0.05) is 13.2 Å². The van der Waals surface area contributed by atoms with E-state index in [4.69, 9.17) is 11.6 Å². The van der Waals surface area contributed by atoms with E-state index in [9.17, 15) is 4.39 Å². The Hall–Kier alpha value is -1.69. The van der Waals surface area contributed by atoms with Gasteiger partial charge in [0.1, 0.15) is 0 Å². The lowest BCUT2D eigenvalue weighted by atomic mass is 10.5. The average molecular weight is 228 g/mol. The lowest BCUT2D eigenvalue weighted by Gasteiger charge is -2.02. The van der Waals surface area contributed by atoms with Crippen LogP contribution in [0, 0.1) is 5.82 Å². The summed E-state index contributed by atoms with van der Waals surface area (Å²) in [7, 11) is 1.76. The van der Waals surface area contributed by atoms with Crippen LogP contribution in [0.2, 0.25) is 5.28 Å². The zero-order valence-electron chi connectivity index (χ0n) is 7.78. The fraction of sp³-hybridized carbons (Fsp3) is 0.125. The van der Waals surface area contributed by atoms with E-state index in [2.05, 4.69) is 20.4 Å². The SMILES string of the molecule is Cn1cc(Nc2nc(Cl)ncc2F)cn1. The molecule has 5 nitrogen and oxygen atoms in total. The quantitative estimate of drug-likeness (QED) is 0.795. The highest BCUT2D eigenvalue weighted by molar-refractivity contribution is 6.28. The maximum absolute atomic E-state index is 13.2. The Morgan fingerprint density at radius 2 is 2.27 bits per heavy atom. The number of rotatable bonds is 2. The van der Waals surface area contributed by atoms with Gasteiger partial charge in [0.05, 0.1) is 18.1 Å². The largest absolute Gasteiger partial charge is 0.335 e. The predicted octanol–water partition coefficient (Wildman–Crippen LogP) is 1.75. The minimum Gasteiger partial charge on any atom is -0.335 e. The summed E-state index contributed by atoms with van der Waals surface area (Å²) in [6.07, 6.45) is 4.25. The summed E-state index contributed by atoms with van der Waals surface area (Å²) < 4.78 is 14.8. The van der Waals surface area contributed by atoms with Crippen LogP contribution in [0.25, 0.3) is 0 Å². The second-order valence-corrected chi connectivity index (χ2v) is 3.20. The molecule has 0 aliphatic carbocycles. The molecular formula is C8H7ClFN5. The van der Waals surface area contributed by atoms with E-state index in [1.54, 1.807) is 24.1 Å². The molecule has 0 atom stereocenters. The van der Waals surface area contributed by atoms with Gasteiger partial charge in [-0.1, -0.05) is 0 Å². The van der Waals surface area contributed by atoms with E-state index in [1.807, 2.05) is 0 Å². The molecule has 2 aromatic rings. The molecule has 1 N–H and O–H groups in total. The van der Waals surface area contributed by atoms with Crippen molar-refractivity contribution in [2.75, 3.05) is 5.32 Å².